The summed E-state index contributed by atoms with van der Waals surface area (Å²) in [4.78, 5) is 10.3. The van der Waals surface area contributed by atoms with E-state index in [0.29, 0.717) is 5.56 Å². The van der Waals surface area contributed by atoms with Crippen LogP contribution in [0.25, 0.3) is 0 Å². The average Bonchev–Trinajstić information content (AvgIpc) is 2.20. The molecule has 1 aromatic rings. The van der Waals surface area contributed by atoms with E-state index in [1.54, 1.807) is 19.1 Å². The lowest BCUT2D eigenvalue weighted by molar-refractivity contribution is -0.385. The summed E-state index contributed by atoms with van der Waals surface area (Å²) in [5.74, 6) is 0. The fourth-order valence-corrected chi connectivity index (χ4v) is 1.44. The Morgan fingerprint density at radius 1 is 1.60 bits per heavy atom. The van der Waals surface area contributed by atoms with Gasteiger partial charge in [0, 0.05) is 24.6 Å². The number of aliphatic hydroxyl groups excluding tert-OH is 1. The first-order valence-electron chi connectivity index (χ1n) is 4.67. The molecule has 1 unspecified atom stereocenters. The van der Waals surface area contributed by atoms with Crippen LogP contribution in [0.3, 0.4) is 0 Å². The summed E-state index contributed by atoms with van der Waals surface area (Å²) >= 11 is 0. The van der Waals surface area contributed by atoms with Crippen LogP contribution in [0.15, 0.2) is 18.2 Å². The number of aryl methyl sites for hydroxylation is 1. The summed E-state index contributed by atoms with van der Waals surface area (Å²) < 4.78 is 0. The van der Waals surface area contributed by atoms with Gasteiger partial charge in [0.25, 0.3) is 5.69 Å². The predicted molar refractivity (Wildman–Crippen MR) is 56.6 cm³/mol. The largest absolute Gasteiger partial charge is 0.391 e. The van der Waals surface area contributed by atoms with Gasteiger partial charge in [-0.2, -0.15) is 0 Å². The molecule has 3 N–H and O–H groups in total. The molecule has 0 aliphatic rings. The van der Waals surface area contributed by atoms with Gasteiger partial charge in [-0.05, 0) is 12.5 Å². The molecule has 0 fully saturated rings. The van der Waals surface area contributed by atoms with Gasteiger partial charge in [-0.15, -0.1) is 0 Å². The number of benzene rings is 1. The second-order valence-electron chi connectivity index (χ2n) is 3.42. The summed E-state index contributed by atoms with van der Waals surface area (Å²) in [5, 5.41) is 20.1. The van der Waals surface area contributed by atoms with Crippen LogP contribution in [0, 0.1) is 17.0 Å². The van der Waals surface area contributed by atoms with E-state index >= 15 is 0 Å². The number of aliphatic hydroxyl groups is 1. The highest BCUT2D eigenvalue weighted by Gasteiger charge is 2.17. The van der Waals surface area contributed by atoms with Crippen molar-refractivity contribution < 1.29 is 10.0 Å². The van der Waals surface area contributed by atoms with Crippen molar-refractivity contribution >= 4 is 5.69 Å². The molecule has 0 spiro atoms. The lowest BCUT2D eigenvalue weighted by Gasteiger charge is -2.10. The third kappa shape index (κ3) is 2.74. The Hall–Kier alpha value is -1.46. The number of nitro benzene ring substituents is 1. The Kier molecular flexibility index (Phi) is 3.76. The average molecular weight is 210 g/mol. The second-order valence-corrected chi connectivity index (χ2v) is 3.42. The van der Waals surface area contributed by atoms with Gasteiger partial charge in [-0.25, -0.2) is 0 Å². The SMILES string of the molecule is Cc1cccc([N+](=O)[O-])c1CC(O)CN. The summed E-state index contributed by atoms with van der Waals surface area (Å²) in [6.45, 7) is 1.89. The number of hydrogen-bond acceptors (Lipinski definition) is 4. The van der Waals surface area contributed by atoms with E-state index in [2.05, 4.69) is 0 Å². The number of nitro groups is 1. The fraction of sp³-hybridized carbons (Fsp3) is 0.400. The Morgan fingerprint density at radius 3 is 2.80 bits per heavy atom. The highest BCUT2D eigenvalue weighted by Crippen LogP contribution is 2.23. The molecule has 1 atom stereocenters. The minimum atomic E-state index is -0.732. The van der Waals surface area contributed by atoms with Crippen molar-refractivity contribution in [3.05, 3.63) is 39.4 Å². The third-order valence-electron chi connectivity index (χ3n) is 2.29. The van der Waals surface area contributed by atoms with Crippen LogP contribution >= 0.6 is 0 Å². The van der Waals surface area contributed by atoms with Gasteiger partial charge in [0.2, 0.25) is 0 Å². The van der Waals surface area contributed by atoms with Gasteiger partial charge in [0.1, 0.15) is 0 Å². The Morgan fingerprint density at radius 2 is 2.27 bits per heavy atom. The van der Waals surface area contributed by atoms with Crippen LogP contribution < -0.4 is 5.73 Å². The molecule has 82 valence electrons. The zero-order chi connectivity index (χ0) is 11.4. The van der Waals surface area contributed by atoms with E-state index in [-0.39, 0.29) is 18.7 Å². The number of nitrogens with two attached hydrogens (primary N) is 1. The first kappa shape index (κ1) is 11.6. The topological polar surface area (TPSA) is 89.4 Å². The predicted octanol–water partition coefficient (Wildman–Crippen LogP) is 0.765. The highest BCUT2D eigenvalue weighted by atomic mass is 16.6. The van der Waals surface area contributed by atoms with E-state index in [0.717, 1.165) is 5.56 Å². The molecule has 1 aromatic carbocycles. The third-order valence-corrected chi connectivity index (χ3v) is 2.29. The normalized spacial score (nSPS) is 12.5. The second kappa shape index (κ2) is 4.86. The summed E-state index contributed by atoms with van der Waals surface area (Å²) in [7, 11) is 0. The van der Waals surface area contributed by atoms with Gasteiger partial charge in [0.05, 0.1) is 11.0 Å². The van der Waals surface area contributed by atoms with Gasteiger partial charge in [-0.3, -0.25) is 10.1 Å². The first-order chi connectivity index (χ1) is 7.06. The molecular weight excluding hydrogens is 196 g/mol. The Balaban J connectivity index is 3.07. The van der Waals surface area contributed by atoms with Crippen molar-refractivity contribution in [2.75, 3.05) is 6.54 Å². The molecule has 0 aliphatic heterocycles. The van der Waals surface area contributed by atoms with Crippen molar-refractivity contribution in [2.45, 2.75) is 19.4 Å². The van der Waals surface area contributed by atoms with Crippen LogP contribution in [0.5, 0.6) is 0 Å². The van der Waals surface area contributed by atoms with Crippen molar-refractivity contribution in [2.24, 2.45) is 5.73 Å². The summed E-state index contributed by atoms with van der Waals surface area (Å²) in [6, 6.07) is 4.85. The van der Waals surface area contributed by atoms with E-state index in [1.807, 2.05) is 0 Å². The van der Waals surface area contributed by atoms with Crippen LogP contribution in [0.2, 0.25) is 0 Å². The monoisotopic (exact) mass is 210 g/mol. The van der Waals surface area contributed by atoms with E-state index < -0.39 is 11.0 Å². The standard InChI is InChI=1S/C10H14N2O3/c1-7-3-2-4-10(12(14)15)9(7)5-8(13)6-11/h2-4,8,13H,5-6,11H2,1H3. The first-order valence-corrected chi connectivity index (χ1v) is 4.67. The number of hydrogen-bond donors (Lipinski definition) is 2. The fourth-order valence-electron chi connectivity index (χ4n) is 1.44. The molecule has 0 bridgehead atoms. The minimum absolute atomic E-state index is 0.0440. The number of rotatable bonds is 4. The van der Waals surface area contributed by atoms with Gasteiger partial charge >= 0.3 is 0 Å². The van der Waals surface area contributed by atoms with Gasteiger partial charge < -0.3 is 10.8 Å². The van der Waals surface area contributed by atoms with E-state index in [9.17, 15) is 15.2 Å². The maximum atomic E-state index is 10.7. The molecule has 0 saturated carbocycles. The molecule has 15 heavy (non-hydrogen) atoms. The van der Waals surface area contributed by atoms with Crippen LogP contribution in [0.1, 0.15) is 11.1 Å². The van der Waals surface area contributed by atoms with E-state index in [4.69, 9.17) is 5.73 Å². The zero-order valence-electron chi connectivity index (χ0n) is 8.51. The van der Waals surface area contributed by atoms with Gasteiger partial charge in [-0.1, -0.05) is 12.1 Å². The Bertz CT molecular complexity index is 366. The number of nitrogens with zero attached hydrogens (tertiary/aromatic N) is 1. The molecular formula is C10H14N2O3. The quantitative estimate of drug-likeness (QED) is 0.567. The molecule has 0 heterocycles. The van der Waals surface area contributed by atoms with Crippen LogP contribution in [-0.2, 0) is 6.42 Å². The maximum Gasteiger partial charge on any atom is 0.272 e. The van der Waals surface area contributed by atoms with Crippen molar-refractivity contribution in [3.8, 4) is 0 Å². The van der Waals surface area contributed by atoms with Crippen molar-refractivity contribution in [1.82, 2.24) is 0 Å². The molecule has 0 aliphatic carbocycles. The summed E-state index contributed by atoms with van der Waals surface area (Å²) in [5.41, 5.74) is 6.68. The maximum absolute atomic E-state index is 10.7. The highest BCUT2D eigenvalue weighted by molar-refractivity contribution is 5.45. The minimum Gasteiger partial charge on any atom is -0.391 e. The lowest BCUT2D eigenvalue weighted by atomic mass is 10.0. The van der Waals surface area contributed by atoms with Gasteiger partial charge in [0.15, 0.2) is 0 Å². The van der Waals surface area contributed by atoms with Crippen molar-refractivity contribution in [3.63, 3.8) is 0 Å². The molecule has 1 rings (SSSR count). The van der Waals surface area contributed by atoms with Crippen LogP contribution in [0.4, 0.5) is 5.69 Å². The Labute approximate surface area is 87.7 Å². The summed E-state index contributed by atoms with van der Waals surface area (Å²) in [6.07, 6.45) is -0.510. The van der Waals surface area contributed by atoms with Crippen molar-refractivity contribution in [1.29, 1.82) is 0 Å². The van der Waals surface area contributed by atoms with Crippen LogP contribution in [-0.4, -0.2) is 22.7 Å². The van der Waals surface area contributed by atoms with E-state index in [1.165, 1.54) is 6.07 Å². The molecule has 0 amide bonds. The molecule has 0 saturated heterocycles. The molecule has 0 aromatic heterocycles. The lowest BCUT2D eigenvalue weighted by Crippen LogP contribution is -2.22. The molecule has 5 heteroatoms. The zero-order valence-corrected chi connectivity index (χ0v) is 8.51. The molecule has 5 nitrogen and oxygen atoms in total. The smallest absolute Gasteiger partial charge is 0.272 e. The molecule has 0 radical (unpaired) electrons.